The Hall–Kier alpha value is -3.20. The molecule has 0 saturated carbocycles. The molecule has 120 valence electrons. The van der Waals surface area contributed by atoms with Gasteiger partial charge in [-0.3, -0.25) is 0 Å². The Labute approximate surface area is 142 Å². The van der Waals surface area contributed by atoms with E-state index in [1.165, 1.54) is 5.56 Å². The number of rotatable bonds is 5. The molecule has 0 aromatic heterocycles. The lowest BCUT2D eigenvalue weighted by atomic mass is 10.1. The zero-order valence-corrected chi connectivity index (χ0v) is 13.4. The Morgan fingerprint density at radius 3 is 2.08 bits per heavy atom. The van der Waals surface area contributed by atoms with Crippen LogP contribution >= 0.6 is 0 Å². The van der Waals surface area contributed by atoms with E-state index < -0.39 is 0 Å². The van der Waals surface area contributed by atoms with Crippen LogP contribution in [0.3, 0.4) is 0 Å². The molecule has 0 aliphatic carbocycles. The first-order chi connectivity index (χ1) is 11.7. The van der Waals surface area contributed by atoms with Crippen molar-refractivity contribution >= 4 is 23.5 Å². The van der Waals surface area contributed by atoms with Crippen molar-refractivity contribution in [3.05, 3.63) is 89.5 Å². The average molecular weight is 316 g/mol. The molecule has 0 bridgehead atoms. The van der Waals surface area contributed by atoms with E-state index in [2.05, 4.69) is 36.4 Å². The minimum Gasteiger partial charge on any atom is -0.487 e. The molecule has 4 N–H and O–H groups in total. The normalized spacial score (nSPS) is 10.8. The third kappa shape index (κ3) is 3.96. The highest BCUT2D eigenvalue weighted by Crippen LogP contribution is 2.27. The summed E-state index contributed by atoms with van der Waals surface area (Å²) in [6.45, 7) is 0.455. The van der Waals surface area contributed by atoms with Crippen molar-refractivity contribution in [1.29, 1.82) is 0 Å². The average Bonchev–Trinajstić information content (AvgIpc) is 2.63. The molecule has 3 rings (SSSR count). The molecule has 3 heteroatoms. The van der Waals surface area contributed by atoms with Gasteiger partial charge < -0.3 is 16.2 Å². The molecule has 0 heterocycles. The summed E-state index contributed by atoms with van der Waals surface area (Å²) >= 11 is 0. The van der Waals surface area contributed by atoms with Crippen LogP contribution in [0.25, 0.3) is 12.2 Å². The lowest BCUT2D eigenvalue weighted by Gasteiger charge is -2.10. The second-order valence-electron chi connectivity index (χ2n) is 5.53. The summed E-state index contributed by atoms with van der Waals surface area (Å²) < 4.78 is 5.75. The molecular weight excluding hydrogens is 296 g/mol. The van der Waals surface area contributed by atoms with Crippen LogP contribution in [-0.4, -0.2) is 0 Å². The second-order valence-corrected chi connectivity index (χ2v) is 5.53. The van der Waals surface area contributed by atoms with E-state index in [-0.39, 0.29) is 0 Å². The van der Waals surface area contributed by atoms with Crippen molar-refractivity contribution in [3.8, 4) is 5.75 Å². The number of anilines is 2. The van der Waals surface area contributed by atoms with Gasteiger partial charge in [0.25, 0.3) is 0 Å². The number of nitrogens with two attached hydrogens (primary N) is 2. The molecule has 0 unspecified atom stereocenters. The highest BCUT2D eigenvalue weighted by molar-refractivity contribution is 5.71. The van der Waals surface area contributed by atoms with Gasteiger partial charge in [0, 0.05) is 0 Å². The zero-order chi connectivity index (χ0) is 16.8. The highest BCUT2D eigenvalue weighted by Gasteiger charge is 2.03. The lowest BCUT2D eigenvalue weighted by molar-refractivity contribution is 0.308. The van der Waals surface area contributed by atoms with E-state index in [1.807, 2.05) is 42.5 Å². The molecule has 0 aliphatic rings. The van der Waals surface area contributed by atoms with E-state index in [0.29, 0.717) is 23.7 Å². The van der Waals surface area contributed by atoms with Gasteiger partial charge in [-0.15, -0.1) is 0 Å². The Balaban J connectivity index is 1.62. The van der Waals surface area contributed by atoms with E-state index >= 15 is 0 Å². The van der Waals surface area contributed by atoms with Crippen LogP contribution < -0.4 is 16.2 Å². The van der Waals surface area contributed by atoms with Gasteiger partial charge in [0.05, 0.1) is 11.4 Å². The van der Waals surface area contributed by atoms with Gasteiger partial charge in [-0.25, -0.2) is 0 Å². The van der Waals surface area contributed by atoms with Crippen molar-refractivity contribution < 1.29 is 4.74 Å². The SMILES string of the molecule is Nc1cccc(OCc2ccc(C=Cc3ccccc3)cc2)c1N. The first-order valence-corrected chi connectivity index (χ1v) is 7.81. The molecule has 3 nitrogen and oxygen atoms in total. The first-order valence-electron chi connectivity index (χ1n) is 7.81. The van der Waals surface area contributed by atoms with Crippen molar-refractivity contribution in [2.75, 3.05) is 11.5 Å². The summed E-state index contributed by atoms with van der Waals surface area (Å²) in [5.41, 5.74) is 16.1. The van der Waals surface area contributed by atoms with Crippen molar-refractivity contribution in [2.24, 2.45) is 0 Å². The number of benzene rings is 3. The Morgan fingerprint density at radius 1 is 0.708 bits per heavy atom. The minimum absolute atomic E-state index is 0.455. The number of nitrogen functional groups attached to an aromatic ring is 2. The van der Waals surface area contributed by atoms with Crippen LogP contribution in [0.4, 0.5) is 11.4 Å². The second kappa shape index (κ2) is 7.38. The lowest BCUT2D eigenvalue weighted by Crippen LogP contribution is -2.01. The molecule has 3 aromatic rings. The minimum atomic E-state index is 0.455. The maximum Gasteiger partial charge on any atom is 0.144 e. The maximum absolute atomic E-state index is 5.91. The molecule has 0 fully saturated rings. The summed E-state index contributed by atoms with van der Waals surface area (Å²) in [6.07, 6.45) is 4.19. The smallest absolute Gasteiger partial charge is 0.144 e. The number of para-hydroxylation sites is 1. The zero-order valence-electron chi connectivity index (χ0n) is 13.4. The van der Waals surface area contributed by atoms with E-state index in [4.69, 9.17) is 16.2 Å². The van der Waals surface area contributed by atoms with Gasteiger partial charge in [0.2, 0.25) is 0 Å². The highest BCUT2D eigenvalue weighted by atomic mass is 16.5. The molecule has 0 aliphatic heterocycles. The van der Waals surface area contributed by atoms with Crippen LogP contribution in [-0.2, 0) is 6.61 Å². The summed E-state index contributed by atoms with van der Waals surface area (Å²) in [6, 6.07) is 23.9. The van der Waals surface area contributed by atoms with Crippen molar-refractivity contribution in [2.45, 2.75) is 6.61 Å². The molecule has 3 aromatic carbocycles. The van der Waals surface area contributed by atoms with Crippen LogP contribution in [0.1, 0.15) is 16.7 Å². The predicted molar refractivity (Wildman–Crippen MR) is 101 cm³/mol. The fourth-order valence-electron chi connectivity index (χ4n) is 2.33. The number of hydrogen-bond acceptors (Lipinski definition) is 3. The van der Waals surface area contributed by atoms with E-state index in [0.717, 1.165) is 11.1 Å². The largest absolute Gasteiger partial charge is 0.487 e. The van der Waals surface area contributed by atoms with Crippen LogP contribution in [0, 0.1) is 0 Å². The molecular formula is C21H20N2O. The Bertz CT molecular complexity index is 824. The summed E-state index contributed by atoms with van der Waals surface area (Å²) in [4.78, 5) is 0. The monoisotopic (exact) mass is 316 g/mol. The molecule has 0 amide bonds. The molecule has 0 atom stereocenters. The van der Waals surface area contributed by atoms with Gasteiger partial charge in [-0.2, -0.15) is 0 Å². The van der Waals surface area contributed by atoms with Gasteiger partial charge in [0.1, 0.15) is 12.4 Å². The van der Waals surface area contributed by atoms with E-state index in [1.54, 1.807) is 6.07 Å². The fourth-order valence-corrected chi connectivity index (χ4v) is 2.33. The van der Waals surface area contributed by atoms with Crippen molar-refractivity contribution in [3.63, 3.8) is 0 Å². The topological polar surface area (TPSA) is 61.3 Å². The molecule has 0 saturated heterocycles. The quantitative estimate of drug-likeness (QED) is 0.534. The molecule has 0 radical (unpaired) electrons. The van der Waals surface area contributed by atoms with Crippen LogP contribution in [0.5, 0.6) is 5.75 Å². The maximum atomic E-state index is 5.91. The van der Waals surface area contributed by atoms with E-state index in [9.17, 15) is 0 Å². The number of ether oxygens (including phenoxy) is 1. The summed E-state index contributed by atoms with van der Waals surface area (Å²) in [5, 5.41) is 0. The summed E-state index contributed by atoms with van der Waals surface area (Å²) in [5.74, 6) is 0.614. The van der Waals surface area contributed by atoms with Gasteiger partial charge in [-0.1, -0.05) is 72.8 Å². The Morgan fingerprint density at radius 2 is 1.38 bits per heavy atom. The first kappa shape index (κ1) is 15.7. The third-order valence-corrected chi connectivity index (χ3v) is 3.74. The van der Waals surface area contributed by atoms with Crippen molar-refractivity contribution in [1.82, 2.24) is 0 Å². The number of hydrogen-bond donors (Lipinski definition) is 2. The van der Waals surface area contributed by atoms with Gasteiger partial charge >= 0.3 is 0 Å². The predicted octanol–water partition coefficient (Wildman–Crippen LogP) is 4.60. The summed E-state index contributed by atoms with van der Waals surface area (Å²) in [7, 11) is 0. The molecule has 24 heavy (non-hydrogen) atoms. The van der Waals surface area contributed by atoms with Crippen LogP contribution in [0.2, 0.25) is 0 Å². The molecule has 0 spiro atoms. The van der Waals surface area contributed by atoms with Gasteiger partial charge in [0.15, 0.2) is 0 Å². The third-order valence-electron chi connectivity index (χ3n) is 3.74. The van der Waals surface area contributed by atoms with Gasteiger partial charge in [-0.05, 0) is 28.8 Å². The standard InChI is InChI=1S/C21H20N2O/c22-19-7-4-8-20(21(19)23)24-15-18-13-11-17(12-14-18)10-9-16-5-2-1-3-6-16/h1-14H,15,22-23H2. The fraction of sp³-hybridized carbons (Fsp3) is 0.0476. The Kier molecular flexibility index (Phi) is 4.82. The van der Waals surface area contributed by atoms with Crippen LogP contribution in [0.15, 0.2) is 72.8 Å².